The van der Waals surface area contributed by atoms with Crippen molar-refractivity contribution in [2.24, 2.45) is 0 Å². The van der Waals surface area contributed by atoms with E-state index in [1.54, 1.807) is 4.90 Å². The minimum absolute atomic E-state index is 0.216. The minimum Gasteiger partial charge on any atom is -0.448 e. The number of cyclic esters (lactones) is 1. The fraction of sp³-hybridized carbons (Fsp3) is 0.188. The topological polar surface area (TPSA) is 29.5 Å². The molecule has 1 amide bonds. The van der Waals surface area contributed by atoms with E-state index in [4.69, 9.17) is 4.74 Å². The second kappa shape index (κ2) is 5.14. The summed E-state index contributed by atoms with van der Waals surface area (Å²) in [7, 11) is 0. The first-order valence-corrected chi connectivity index (χ1v) is 6.39. The van der Waals surface area contributed by atoms with Gasteiger partial charge in [-0.25, -0.2) is 4.79 Å². The zero-order chi connectivity index (χ0) is 13.1. The molecule has 0 N–H and O–H groups in total. The predicted octanol–water partition coefficient (Wildman–Crippen LogP) is 3.31. The van der Waals surface area contributed by atoms with Gasteiger partial charge in [-0.2, -0.15) is 0 Å². The molecule has 1 fully saturated rings. The standard InChI is InChI=1S/C16H15NO2/c18-16-17(10-11-19-16)12-13-6-8-15(9-7-13)14-4-2-1-3-5-14/h1-9H,10-12H2. The van der Waals surface area contributed by atoms with E-state index in [-0.39, 0.29) is 6.09 Å². The van der Waals surface area contributed by atoms with Crippen LogP contribution in [0.4, 0.5) is 4.79 Å². The summed E-state index contributed by atoms with van der Waals surface area (Å²) in [6.07, 6.45) is -0.216. The number of nitrogens with zero attached hydrogens (tertiary/aromatic N) is 1. The van der Waals surface area contributed by atoms with Crippen molar-refractivity contribution in [3.8, 4) is 11.1 Å². The van der Waals surface area contributed by atoms with Crippen molar-refractivity contribution in [1.29, 1.82) is 0 Å². The lowest BCUT2D eigenvalue weighted by molar-refractivity contribution is 0.157. The van der Waals surface area contributed by atoms with E-state index in [0.29, 0.717) is 19.7 Å². The average molecular weight is 253 g/mol. The molecule has 0 aromatic heterocycles. The second-order valence-electron chi connectivity index (χ2n) is 4.60. The van der Waals surface area contributed by atoms with Gasteiger partial charge in [0.15, 0.2) is 0 Å². The van der Waals surface area contributed by atoms with Gasteiger partial charge in [0, 0.05) is 6.54 Å². The maximum Gasteiger partial charge on any atom is 0.410 e. The number of benzene rings is 2. The summed E-state index contributed by atoms with van der Waals surface area (Å²) in [4.78, 5) is 13.1. The molecule has 1 saturated heterocycles. The number of carbonyl (C=O) groups is 1. The van der Waals surface area contributed by atoms with Crippen molar-refractivity contribution in [2.75, 3.05) is 13.2 Å². The Morgan fingerprint density at radius 3 is 2.26 bits per heavy atom. The molecule has 3 heteroatoms. The number of carbonyl (C=O) groups excluding carboxylic acids is 1. The number of hydrogen-bond donors (Lipinski definition) is 0. The molecule has 1 aliphatic rings. The van der Waals surface area contributed by atoms with E-state index in [1.165, 1.54) is 11.1 Å². The van der Waals surface area contributed by atoms with Gasteiger partial charge in [-0.15, -0.1) is 0 Å². The minimum atomic E-state index is -0.216. The Morgan fingerprint density at radius 2 is 1.63 bits per heavy atom. The van der Waals surface area contributed by atoms with Crippen molar-refractivity contribution in [2.45, 2.75) is 6.54 Å². The van der Waals surface area contributed by atoms with Crippen LogP contribution < -0.4 is 0 Å². The normalized spacial score (nSPS) is 14.5. The quantitative estimate of drug-likeness (QED) is 0.840. The van der Waals surface area contributed by atoms with Crippen molar-refractivity contribution < 1.29 is 9.53 Å². The van der Waals surface area contributed by atoms with E-state index in [0.717, 1.165) is 5.56 Å². The number of ether oxygens (including phenoxy) is 1. The van der Waals surface area contributed by atoms with Gasteiger partial charge in [0.25, 0.3) is 0 Å². The van der Waals surface area contributed by atoms with Crippen LogP contribution in [0.25, 0.3) is 11.1 Å². The van der Waals surface area contributed by atoms with Crippen molar-refractivity contribution >= 4 is 6.09 Å². The second-order valence-corrected chi connectivity index (χ2v) is 4.60. The number of amides is 1. The SMILES string of the molecule is O=C1OCCN1Cc1ccc(-c2ccccc2)cc1. The lowest BCUT2D eigenvalue weighted by Crippen LogP contribution is -2.23. The molecule has 96 valence electrons. The maximum absolute atomic E-state index is 11.4. The van der Waals surface area contributed by atoms with Crippen LogP contribution in [0.2, 0.25) is 0 Å². The Bertz CT molecular complexity index is 563. The van der Waals surface area contributed by atoms with Gasteiger partial charge in [0.1, 0.15) is 6.61 Å². The molecule has 0 atom stereocenters. The Labute approximate surface area is 112 Å². The van der Waals surface area contributed by atoms with Crippen LogP contribution in [-0.2, 0) is 11.3 Å². The van der Waals surface area contributed by atoms with Gasteiger partial charge in [0.05, 0.1) is 6.54 Å². The maximum atomic E-state index is 11.4. The molecule has 19 heavy (non-hydrogen) atoms. The van der Waals surface area contributed by atoms with Crippen LogP contribution in [0.15, 0.2) is 54.6 Å². The molecule has 3 rings (SSSR count). The van der Waals surface area contributed by atoms with Gasteiger partial charge >= 0.3 is 6.09 Å². The third kappa shape index (κ3) is 2.60. The van der Waals surface area contributed by atoms with Crippen LogP contribution in [-0.4, -0.2) is 24.1 Å². The average Bonchev–Trinajstić information content (AvgIpc) is 2.86. The van der Waals surface area contributed by atoms with E-state index < -0.39 is 0 Å². The van der Waals surface area contributed by atoms with E-state index >= 15 is 0 Å². The Kier molecular flexibility index (Phi) is 3.19. The van der Waals surface area contributed by atoms with Crippen LogP contribution in [0.3, 0.4) is 0 Å². The first-order valence-electron chi connectivity index (χ1n) is 6.39. The zero-order valence-electron chi connectivity index (χ0n) is 10.6. The Morgan fingerprint density at radius 1 is 0.947 bits per heavy atom. The molecule has 0 radical (unpaired) electrons. The van der Waals surface area contributed by atoms with E-state index in [1.807, 2.05) is 18.2 Å². The summed E-state index contributed by atoms with van der Waals surface area (Å²) in [6, 6.07) is 18.6. The first kappa shape index (κ1) is 11.8. The highest BCUT2D eigenvalue weighted by Gasteiger charge is 2.21. The molecule has 1 aliphatic heterocycles. The van der Waals surface area contributed by atoms with Crippen LogP contribution in [0.5, 0.6) is 0 Å². The van der Waals surface area contributed by atoms with Crippen LogP contribution in [0.1, 0.15) is 5.56 Å². The highest BCUT2D eigenvalue weighted by atomic mass is 16.6. The van der Waals surface area contributed by atoms with Crippen LogP contribution in [0, 0.1) is 0 Å². The molecule has 2 aromatic carbocycles. The number of rotatable bonds is 3. The molecule has 1 heterocycles. The third-order valence-corrected chi connectivity index (χ3v) is 3.28. The fourth-order valence-electron chi connectivity index (χ4n) is 2.22. The van der Waals surface area contributed by atoms with Gasteiger partial charge in [-0.3, -0.25) is 0 Å². The molecule has 0 unspecified atom stereocenters. The van der Waals surface area contributed by atoms with E-state index in [2.05, 4.69) is 36.4 Å². The highest BCUT2D eigenvalue weighted by molar-refractivity contribution is 5.69. The monoisotopic (exact) mass is 253 g/mol. The summed E-state index contributed by atoms with van der Waals surface area (Å²) in [6.45, 7) is 1.80. The van der Waals surface area contributed by atoms with Crippen molar-refractivity contribution in [3.63, 3.8) is 0 Å². The van der Waals surface area contributed by atoms with E-state index in [9.17, 15) is 4.79 Å². The fourth-order valence-corrected chi connectivity index (χ4v) is 2.22. The molecule has 2 aromatic rings. The summed E-state index contributed by atoms with van der Waals surface area (Å²) in [5, 5.41) is 0. The molecular weight excluding hydrogens is 238 g/mol. The Hall–Kier alpha value is -2.29. The lowest BCUT2D eigenvalue weighted by Gasteiger charge is -2.12. The molecular formula is C16H15NO2. The largest absolute Gasteiger partial charge is 0.448 e. The summed E-state index contributed by atoms with van der Waals surface area (Å²) >= 11 is 0. The molecule has 0 bridgehead atoms. The molecule has 0 saturated carbocycles. The van der Waals surface area contributed by atoms with Crippen molar-refractivity contribution in [1.82, 2.24) is 4.90 Å². The molecule has 0 spiro atoms. The molecule has 0 aliphatic carbocycles. The lowest BCUT2D eigenvalue weighted by atomic mass is 10.0. The molecule has 3 nitrogen and oxygen atoms in total. The van der Waals surface area contributed by atoms with Crippen LogP contribution >= 0.6 is 0 Å². The highest BCUT2D eigenvalue weighted by Crippen LogP contribution is 2.20. The smallest absolute Gasteiger partial charge is 0.410 e. The number of hydrogen-bond acceptors (Lipinski definition) is 2. The summed E-state index contributed by atoms with van der Waals surface area (Å²) in [5.74, 6) is 0. The Balaban J connectivity index is 1.74. The van der Waals surface area contributed by atoms with Gasteiger partial charge in [-0.05, 0) is 16.7 Å². The first-order chi connectivity index (χ1) is 9.33. The summed E-state index contributed by atoms with van der Waals surface area (Å²) < 4.78 is 4.92. The van der Waals surface area contributed by atoms with Gasteiger partial charge < -0.3 is 9.64 Å². The van der Waals surface area contributed by atoms with Crippen molar-refractivity contribution in [3.05, 3.63) is 60.2 Å². The predicted molar refractivity (Wildman–Crippen MR) is 73.6 cm³/mol. The van der Waals surface area contributed by atoms with Gasteiger partial charge in [0.2, 0.25) is 0 Å². The summed E-state index contributed by atoms with van der Waals surface area (Å²) in [5.41, 5.74) is 3.52. The van der Waals surface area contributed by atoms with Gasteiger partial charge in [-0.1, -0.05) is 54.6 Å². The third-order valence-electron chi connectivity index (χ3n) is 3.28. The zero-order valence-corrected chi connectivity index (χ0v) is 10.6.